The highest BCUT2D eigenvalue weighted by Crippen LogP contribution is 2.32. The summed E-state index contributed by atoms with van der Waals surface area (Å²) in [7, 11) is -2.64. The van der Waals surface area contributed by atoms with E-state index in [0.29, 0.717) is 5.56 Å². The molecular weight excluding hydrogens is 419 g/mol. The maximum Gasteiger partial charge on any atom is 0.257 e. The molecule has 3 aromatic rings. The Morgan fingerprint density at radius 2 is 1.76 bits per heavy atom. The van der Waals surface area contributed by atoms with Gasteiger partial charge in [-0.05, 0) is 30.3 Å². The number of nitrogens with zero attached hydrogens (tertiary/aromatic N) is 1. The number of hydrogen-bond donors (Lipinski definition) is 2. The van der Waals surface area contributed by atoms with Crippen LogP contribution in [0.5, 0.6) is 11.5 Å². The maximum atomic E-state index is 14.7. The topological polar surface area (TPSA) is 78.9 Å². The van der Waals surface area contributed by atoms with E-state index >= 15 is 0 Å². The number of aromatic hydroxyl groups is 1. The Morgan fingerprint density at radius 3 is 2.45 bits per heavy atom. The van der Waals surface area contributed by atoms with Gasteiger partial charge in [0, 0.05) is 5.56 Å². The molecule has 29 heavy (non-hydrogen) atoms. The first-order valence-electron chi connectivity index (χ1n) is 8.47. The molecule has 0 aliphatic rings. The number of methoxy groups -OCH3 is 1. The molecule has 0 unspecified atom stereocenters. The first-order valence-corrected chi connectivity index (χ1v) is 10.3. The Morgan fingerprint density at radius 1 is 1.07 bits per heavy atom. The van der Waals surface area contributed by atoms with Crippen LogP contribution in [0, 0.1) is 5.82 Å². The molecule has 0 aliphatic carbocycles. The van der Waals surface area contributed by atoms with Crippen molar-refractivity contribution in [2.75, 3.05) is 12.1 Å². The average molecular weight is 437 g/mol. The normalized spacial score (nSPS) is 11.3. The molecule has 3 aromatic carbocycles. The largest absolute Gasteiger partial charge is 0.504 e. The minimum absolute atomic E-state index is 0.00213. The quantitative estimate of drug-likeness (QED) is 0.545. The molecule has 0 aliphatic heterocycles. The number of hydrogen-bond acceptors (Lipinski definition) is 5. The number of ether oxygens (including phenoxy) is 1. The Hall–Kier alpha value is -2.81. The fraction of sp³-hybridized carbons (Fsp3) is 0.100. The van der Waals surface area contributed by atoms with Gasteiger partial charge in [0.25, 0.3) is 10.0 Å². The van der Waals surface area contributed by atoms with E-state index in [1.54, 1.807) is 36.4 Å². The van der Waals surface area contributed by atoms with Gasteiger partial charge >= 0.3 is 0 Å². The van der Waals surface area contributed by atoms with E-state index < -0.39 is 15.8 Å². The molecule has 152 valence electrons. The second-order valence-corrected chi connectivity index (χ2v) is 8.10. The number of hydrazine groups is 1. The molecule has 0 saturated carbocycles. The summed E-state index contributed by atoms with van der Waals surface area (Å²) in [5, 5.41) is 11.3. The summed E-state index contributed by atoms with van der Waals surface area (Å²) in [6, 6.07) is 16.7. The molecule has 0 amide bonds. The van der Waals surface area contributed by atoms with E-state index in [2.05, 4.69) is 4.83 Å². The number of phenols is 1. The third-order valence-corrected chi connectivity index (χ3v) is 5.78. The number of phenolic OH excluding ortho intramolecular Hbond substituents is 1. The monoisotopic (exact) mass is 436 g/mol. The van der Waals surface area contributed by atoms with Crippen molar-refractivity contribution in [1.82, 2.24) is 4.83 Å². The highest BCUT2D eigenvalue weighted by Gasteiger charge is 2.23. The lowest BCUT2D eigenvalue weighted by molar-refractivity contribution is 0.370. The van der Waals surface area contributed by atoms with Gasteiger partial charge in [-0.25, -0.2) is 12.8 Å². The summed E-state index contributed by atoms with van der Waals surface area (Å²) in [5.74, 6) is -0.770. The first-order chi connectivity index (χ1) is 13.8. The van der Waals surface area contributed by atoms with E-state index in [1.165, 1.54) is 37.4 Å². The van der Waals surface area contributed by atoms with Crippen LogP contribution in [0.25, 0.3) is 0 Å². The molecule has 0 aromatic heterocycles. The number of rotatable bonds is 7. The predicted molar refractivity (Wildman–Crippen MR) is 109 cm³/mol. The van der Waals surface area contributed by atoms with Crippen LogP contribution in [0.3, 0.4) is 0 Å². The van der Waals surface area contributed by atoms with Crippen molar-refractivity contribution in [1.29, 1.82) is 0 Å². The molecule has 0 spiro atoms. The smallest absolute Gasteiger partial charge is 0.257 e. The van der Waals surface area contributed by atoms with E-state index in [0.717, 1.165) is 5.01 Å². The summed E-state index contributed by atoms with van der Waals surface area (Å²) in [4.78, 5) is 2.36. The standard InChI is InChI=1S/C20H18ClFN2O4S/c1-28-18-12-5-7-14(20(18)25)13-24(17-11-6-10-16(21)19(17)22)23-29(26,27)15-8-3-2-4-9-15/h2-12,23,25H,13H2,1H3. The van der Waals surface area contributed by atoms with Gasteiger partial charge in [-0.3, -0.25) is 5.01 Å². The fourth-order valence-corrected chi connectivity index (χ4v) is 3.94. The zero-order chi connectivity index (χ0) is 21.0. The molecule has 0 bridgehead atoms. The SMILES string of the molecule is COc1cccc(CN(NS(=O)(=O)c2ccccc2)c2cccc(Cl)c2F)c1O. The summed E-state index contributed by atoms with van der Waals surface area (Å²) >= 11 is 5.88. The number of sulfonamides is 1. The van der Waals surface area contributed by atoms with Crippen LogP contribution < -0.4 is 14.6 Å². The third-order valence-electron chi connectivity index (χ3n) is 4.14. The minimum Gasteiger partial charge on any atom is -0.504 e. The lowest BCUT2D eigenvalue weighted by atomic mass is 10.1. The van der Waals surface area contributed by atoms with Crippen LogP contribution in [0.1, 0.15) is 5.56 Å². The van der Waals surface area contributed by atoms with Crippen LogP contribution >= 0.6 is 11.6 Å². The van der Waals surface area contributed by atoms with E-state index in [9.17, 15) is 17.9 Å². The van der Waals surface area contributed by atoms with Crippen molar-refractivity contribution in [3.63, 3.8) is 0 Å². The molecule has 0 radical (unpaired) electrons. The lowest BCUT2D eigenvalue weighted by Gasteiger charge is -2.26. The third kappa shape index (κ3) is 4.61. The van der Waals surface area contributed by atoms with Gasteiger partial charge in [0.2, 0.25) is 0 Å². The highest BCUT2D eigenvalue weighted by molar-refractivity contribution is 7.89. The molecule has 6 nitrogen and oxygen atoms in total. The molecule has 0 saturated heterocycles. The van der Waals surface area contributed by atoms with Crippen LogP contribution in [0.2, 0.25) is 5.02 Å². The van der Waals surface area contributed by atoms with E-state index in [1.807, 2.05) is 0 Å². The van der Waals surface area contributed by atoms with Crippen molar-refractivity contribution in [2.45, 2.75) is 11.4 Å². The van der Waals surface area contributed by atoms with Crippen LogP contribution in [-0.4, -0.2) is 20.6 Å². The van der Waals surface area contributed by atoms with Gasteiger partial charge in [0.15, 0.2) is 17.3 Å². The van der Waals surface area contributed by atoms with Gasteiger partial charge < -0.3 is 9.84 Å². The minimum atomic E-state index is -4.03. The van der Waals surface area contributed by atoms with Gasteiger partial charge in [0.05, 0.1) is 29.3 Å². The van der Waals surface area contributed by atoms with Crippen LogP contribution in [-0.2, 0) is 16.6 Å². The van der Waals surface area contributed by atoms with Crippen molar-refractivity contribution >= 4 is 27.3 Å². The zero-order valence-corrected chi connectivity index (χ0v) is 16.9. The summed E-state index contributed by atoms with van der Waals surface area (Å²) in [5.41, 5.74) is 0.221. The number of nitrogens with one attached hydrogen (secondary N) is 1. The van der Waals surface area contributed by atoms with E-state index in [4.69, 9.17) is 16.3 Å². The number of halogens is 2. The molecular formula is C20H18ClFN2O4S. The van der Waals surface area contributed by atoms with E-state index in [-0.39, 0.29) is 33.6 Å². The second-order valence-electron chi connectivity index (χ2n) is 6.03. The summed E-state index contributed by atoms with van der Waals surface area (Å²) < 4.78 is 45.4. The average Bonchev–Trinajstić information content (AvgIpc) is 2.71. The Balaban J connectivity index is 2.04. The van der Waals surface area contributed by atoms with Crippen molar-refractivity contribution < 1.29 is 22.7 Å². The van der Waals surface area contributed by atoms with Gasteiger partial charge in [0.1, 0.15) is 0 Å². The Labute approximate surface area is 173 Å². The number of benzene rings is 3. The predicted octanol–water partition coefficient (Wildman–Crippen LogP) is 4.09. The molecule has 3 rings (SSSR count). The van der Waals surface area contributed by atoms with Gasteiger partial charge in [-0.1, -0.05) is 48.0 Å². The van der Waals surface area contributed by atoms with Crippen molar-refractivity contribution in [3.05, 3.63) is 83.1 Å². The summed E-state index contributed by atoms with van der Waals surface area (Å²) in [6.45, 7) is -0.188. The Bertz CT molecular complexity index is 1110. The molecule has 9 heteroatoms. The van der Waals surface area contributed by atoms with Gasteiger partial charge in [-0.15, -0.1) is 4.83 Å². The zero-order valence-electron chi connectivity index (χ0n) is 15.3. The second kappa shape index (κ2) is 8.69. The van der Waals surface area contributed by atoms with Crippen LogP contribution in [0.4, 0.5) is 10.1 Å². The van der Waals surface area contributed by atoms with Crippen molar-refractivity contribution in [2.24, 2.45) is 0 Å². The Kier molecular flexibility index (Phi) is 6.26. The molecule has 2 N–H and O–H groups in total. The molecule has 0 heterocycles. The number of anilines is 1. The first kappa shape index (κ1) is 20.9. The van der Waals surface area contributed by atoms with Crippen LogP contribution in [0.15, 0.2) is 71.6 Å². The summed E-state index contributed by atoms with van der Waals surface area (Å²) in [6.07, 6.45) is 0. The molecule has 0 fully saturated rings. The number of para-hydroxylation sites is 1. The molecule has 0 atom stereocenters. The highest BCUT2D eigenvalue weighted by atomic mass is 35.5. The fourth-order valence-electron chi connectivity index (χ4n) is 2.70. The van der Waals surface area contributed by atoms with Crippen molar-refractivity contribution in [3.8, 4) is 11.5 Å². The lowest BCUT2D eigenvalue weighted by Crippen LogP contribution is -2.42. The maximum absolute atomic E-state index is 14.7. The van der Waals surface area contributed by atoms with Gasteiger partial charge in [-0.2, -0.15) is 0 Å².